The summed E-state index contributed by atoms with van der Waals surface area (Å²) >= 11 is 21.6. The second-order valence-electron chi connectivity index (χ2n) is 6.86. The minimum atomic E-state index is -2.66. The predicted molar refractivity (Wildman–Crippen MR) is 130 cm³/mol. The zero-order valence-electron chi connectivity index (χ0n) is 17.2. The highest BCUT2D eigenvalue weighted by Crippen LogP contribution is 2.35. The van der Waals surface area contributed by atoms with Gasteiger partial charge < -0.3 is 14.2 Å². The minimum Gasteiger partial charge on any atom is -0.457 e. The van der Waals surface area contributed by atoms with Gasteiger partial charge in [-0.25, -0.2) is 14.4 Å². The number of benzene rings is 3. The van der Waals surface area contributed by atoms with E-state index in [2.05, 4.69) is 15.9 Å². The van der Waals surface area contributed by atoms with Crippen LogP contribution < -0.4 is 0 Å². The molecule has 0 aliphatic heterocycles. The normalized spacial score (nSPS) is 12.4. The van der Waals surface area contributed by atoms with Gasteiger partial charge in [-0.3, -0.25) is 0 Å². The molecule has 0 aliphatic carbocycles. The standard InChI is InChI=1S/C24H15BrCl3O6/c25-17-8-5-15(6-9-17)12-32-22(30)24(34-14-29,19-3-1-2-4-20(19)27)23(31)33-13-16-7-10-18(26)11-21(16)28/h1-11H,12-13H2. The van der Waals surface area contributed by atoms with Crippen molar-refractivity contribution in [2.75, 3.05) is 0 Å². The minimum absolute atomic E-state index is 0.0279. The van der Waals surface area contributed by atoms with E-state index in [1.54, 1.807) is 42.5 Å². The topological polar surface area (TPSA) is 78.9 Å². The first-order valence-corrected chi connectivity index (χ1v) is 11.5. The fraction of sp³-hybridized carbons (Fsp3) is 0.125. The van der Waals surface area contributed by atoms with Crippen LogP contribution in [0.3, 0.4) is 0 Å². The molecule has 1 atom stereocenters. The molecule has 0 fully saturated rings. The Hall–Kier alpha value is -2.58. The molecule has 0 saturated carbocycles. The molecule has 0 saturated heterocycles. The molecule has 0 spiro atoms. The summed E-state index contributed by atoms with van der Waals surface area (Å²) in [5.41, 5.74) is -1.77. The summed E-state index contributed by atoms with van der Waals surface area (Å²) in [4.78, 5) is 37.9. The molecule has 0 heterocycles. The predicted octanol–water partition coefficient (Wildman–Crippen LogP) is 6.18. The lowest BCUT2D eigenvalue weighted by molar-refractivity contribution is -0.185. The summed E-state index contributed by atoms with van der Waals surface area (Å²) in [6, 6.07) is 17.4. The first kappa shape index (κ1) is 26.0. The maximum absolute atomic E-state index is 13.3. The summed E-state index contributed by atoms with van der Waals surface area (Å²) in [6.07, 6.45) is 0. The number of carbonyl (C=O) groups excluding carboxylic acids is 3. The van der Waals surface area contributed by atoms with Crippen molar-refractivity contribution in [2.24, 2.45) is 0 Å². The van der Waals surface area contributed by atoms with Crippen LogP contribution in [0.15, 0.2) is 71.2 Å². The highest BCUT2D eigenvalue weighted by atomic mass is 79.9. The van der Waals surface area contributed by atoms with Crippen LogP contribution >= 0.6 is 50.7 Å². The van der Waals surface area contributed by atoms with E-state index in [-0.39, 0.29) is 28.8 Å². The Kier molecular flexibility index (Phi) is 8.97. The highest BCUT2D eigenvalue weighted by molar-refractivity contribution is 9.10. The summed E-state index contributed by atoms with van der Waals surface area (Å²) in [5.74, 6) is -2.45. The van der Waals surface area contributed by atoms with Gasteiger partial charge in [-0.2, -0.15) is 0 Å². The average Bonchev–Trinajstić information content (AvgIpc) is 2.82. The smallest absolute Gasteiger partial charge is 0.419 e. The Labute approximate surface area is 218 Å². The van der Waals surface area contributed by atoms with Gasteiger partial charge in [-0.1, -0.05) is 87.1 Å². The molecule has 6 nitrogen and oxygen atoms in total. The third-order valence-electron chi connectivity index (χ3n) is 4.68. The largest absolute Gasteiger partial charge is 0.457 e. The van der Waals surface area contributed by atoms with Crippen molar-refractivity contribution in [3.63, 3.8) is 0 Å². The van der Waals surface area contributed by atoms with E-state index in [1.165, 1.54) is 24.3 Å². The van der Waals surface area contributed by atoms with E-state index in [0.717, 1.165) is 10.9 Å². The molecule has 0 aliphatic rings. The van der Waals surface area contributed by atoms with Gasteiger partial charge in [0.15, 0.2) is 0 Å². The zero-order valence-corrected chi connectivity index (χ0v) is 21.1. The van der Waals surface area contributed by atoms with Gasteiger partial charge in [0, 0.05) is 30.7 Å². The van der Waals surface area contributed by atoms with E-state index < -0.39 is 17.5 Å². The number of hydrogen-bond acceptors (Lipinski definition) is 6. The Bertz CT molecular complexity index is 1200. The lowest BCUT2D eigenvalue weighted by atomic mass is 9.93. The molecule has 1 radical (unpaired) electrons. The first-order valence-electron chi connectivity index (χ1n) is 9.61. The molecule has 0 aromatic heterocycles. The van der Waals surface area contributed by atoms with Crippen molar-refractivity contribution in [2.45, 2.75) is 18.8 Å². The van der Waals surface area contributed by atoms with Crippen LogP contribution in [0.2, 0.25) is 15.1 Å². The molecule has 0 bridgehead atoms. The molecule has 34 heavy (non-hydrogen) atoms. The molecule has 1 unspecified atom stereocenters. The number of esters is 2. The summed E-state index contributed by atoms with van der Waals surface area (Å²) in [6.45, 7) is 0.603. The van der Waals surface area contributed by atoms with E-state index in [1.807, 2.05) is 0 Å². The van der Waals surface area contributed by atoms with Crippen molar-refractivity contribution in [1.82, 2.24) is 0 Å². The maximum Gasteiger partial charge on any atom is 0.419 e. The van der Waals surface area contributed by atoms with Gasteiger partial charge in [0.1, 0.15) is 13.2 Å². The van der Waals surface area contributed by atoms with Crippen LogP contribution in [0.1, 0.15) is 16.7 Å². The average molecular weight is 586 g/mol. The summed E-state index contributed by atoms with van der Waals surface area (Å²) < 4.78 is 16.5. The lowest BCUT2D eigenvalue weighted by Gasteiger charge is -2.28. The van der Waals surface area contributed by atoms with Gasteiger partial charge in [-0.15, -0.1) is 0 Å². The number of carbonyl (C=O) groups is 2. The third kappa shape index (κ3) is 5.91. The molecule has 175 valence electrons. The third-order valence-corrected chi connectivity index (χ3v) is 6.13. The maximum atomic E-state index is 13.3. The van der Waals surface area contributed by atoms with Crippen LogP contribution in [0, 0.1) is 0 Å². The van der Waals surface area contributed by atoms with Crippen LogP contribution in [0.5, 0.6) is 0 Å². The van der Waals surface area contributed by atoms with Gasteiger partial charge in [-0.05, 0) is 35.9 Å². The number of rotatable bonds is 9. The fourth-order valence-electron chi connectivity index (χ4n) is 2.97. The van der Waals surface area contributed by atoms with Gasteiger partial charge >= 0.3 is 24.0 Å². The number of ether oxygens (including phenoxy) is 3. The Balaban J connectivity index is 1.94. The van der Waals surface area contributed by atoms with E-state index in [0.29, 0.717) is 16.1 Å². The molecule has 0 N–H and O–H groups in total. The molecule has 3 aromatic carbocycles. The van der Waals surface area contributed by atoms with Crippen molar-refractivity contribution in [1.29, 1.82) is 0 Å². The monoisotopic (exact) mass is 583 g/mol. The molecule has 3 rings (SSSR count). The Morgan fingerprint density at radius 1 is 0.853 bits per heavy atom. The van der Waals surface area contributed by atoms with Gasteiger partial charge in [0.05, 0.1) is 0 Å². The van der Waals surface area contributed by atoms with Crippen LogP contribution in [0.25, 0.3) is 0 Å². The zero-order chi connectivity index (χ0) is 24.7. The molecule has 0 amide bonds. The number of halogens is 4. The quantitative estimate of drug-likeness (QED) is 0.170. The summed E-state index contributed by atoms with van der Waals surface area (Å²) in [7, 11) is 0. The van der Waals surface area contributed by atoms with Crippen LogP contribution in [0.4, 0.5) is 0 Å². The Morgan fingerprint density at radius 2 is 1.50 bits per heavy atom. The molecular formula is C24H15BrCl3O6. The molecular weight excluding hydrogens is 571 g/mol. The fourth-order valence-corrected chi connectivity index (χ4v) is 3.96. The van der Waals surface area contributed by atoms with E-state index >= 15 is 0 Å². The second kappa shape index (κ2) is 11.7. The van der Waals surface area contributed by atoms with Crippen molar-refractivity contribution >= 4 is 69.1 Å². The van der Waals surface area contributed by atoms with Crippen molar-refractivity contribution < 1.29 is 28.6 Å². The van der Waals surface area contributed by atoms with Crippen LogP contribution in [-0.4, -0.2) is 18.4 Å². The highest BCUT2D eigenvalue weighted by Gasteiger charge is 2.55. The van der Waals surface area contributed by atoms with Crippen molar-refractivity contribution in [3.8, 4) is 0 Å². The second-order valence-corrected chi connectivity index (χ2v) is 9.03. The number of hydrogen-bond donors (Lipinski definition) is 0. The van der Waals surface area contributed by atoms with E-state index in [9.17, 15) is 14.4 Å². The van der Waals surface area contributed by atoms with Gasteiger partial charge in [0.2, 0.25) is 0 Å². The summed E-state index contributed by atoms with van der Waals surface area (Å²) in [5, 5.41) is 0.602. The lowest BCUT2D eigenvalue weighted by Crippen LogP contribution is -2.48. The van der Waals surface area contributed by atoms with Crippen LogP contribution in [-0.2, 0) is 47.4 Å². The van der Waals surface area contributed by atoms with E-state index in [4.69, 9.17) is 49.0 Å². The van der Waals surface area contributed by atoms with Gasteiger partial charge in [0.25, 0.3) is 0 Å². The Morgan fingerprint density at radius 3 is 2.12 bits per heavy atom. The molecule has 3 aromatic rings. The molecule has 10 heteroatoms. The SMILES string of the molecule is O=[C]OC(C(=O)OCc1ccc(Br)cc1)(C(=O)OCc1ccc(Cl)cc1Cl)c1ccccc1Cl. The first-order chi connectivity index (χ1) is 16.3. The van der Waals surface area contributed by atoms with Crippen molar-refractivity contribution in [3.05, 3.63) is 103 Å².